The largest absolute Gasteiger partial charge is 0.396 e. The third-order valence-corrected chi connectivity index (χ3v) is 3.37. The minimum Gasteiger partial charge on any atom is -0.396 e. The number of aliphatic hydroxyl groups is 3. The van der Waals surface area contributed by atoms with E-state index in [-0.39, 0.29) is 19.8 Å². The highest BCUT2D eigenvalue weighted by Gasteiger charge is 2.20. The van der Waals surface area contributed by atoms with E-state index >= 15 is 0 Å². The van der Waals surface area contributed by atoms with Gasteiger partial charge in [-0.25, -0.2) is 0 Å². The van der Waals surface area contributed by atoms with E-state index in [2.05, 4.69) is 15.9 Å². The van der Waals surface area contributed by atoms with Crippen LogP contribution in [0.5, 0.6) is 0 Å². The van der Waals surface area contributed by atoms with Crippen LogP contribution in [0.1, 0.15) is 27.6 Å². The first-order valence-corrected chi connectivity index (χ1v) is 6.28. The maximum absolute atomic E-state index is 10.3. The highest BCUT2D eigenvalue weighted by Crippen LogP contribution is 2.18. The second-order valence-corrected chi connectivity index (χ2v) is 5.06. The molecule has 0 aliphatic heterocycles. The Kier molecular flexibility index (Phi) is 8.42. The number of carbonyl (C=O) groups is 2. The summed E-state index contributed by atoms with van der Waals surface area (Å²) in [7, 11) is 0. The molecule has 106 valence electrons. The third-order valence-electron chi connectivity index (χ3n) is 2.46. The highest BCUT2D eigenvalue weighted by atomic mass is 79.9. The lowest BCUT2D eigenvalue weighted by atomic mass is 9.95. The van der Waals surface area contributed by atoms with E-state index in [1.807, 2.05) is 0 Å². The predicted molar refractivity (Wildman–Crippen MR) is 74.3 cm³/mol. The van der Waals surface area contributed by atoms with E-state index in [9.17, 15) is 9.59 Å². The topological polar surface area (TPSA) is 94.8 Å². The summed E-state index contributed by atoms with van der Waals surface area (Å²) in [5.74, 6) is 0. The molecule has 0 unspecified atom stereocenters. The molecule has 1 aromatic rings. The van der Waals surface area contributed by atoms with Crippen molar-refractivity contribution in [3.63, 3.8) is 0 Å². The molecule has 0 aromatic heterocycles. The Bertz CT molecular complexity index is 381. The molecule has 0 spiro atoms. The van der Waals surface area contributed by atoms with Gasteiger partial charge in [0.1, 0.15) is 0 Å². The fraction of sp³-hybridized carbons (Fsp3) is 0.385. The molecule has 5 nitrogen and oxygen atoms in total. The summed E-state index contributed by atoms with van der Waals surface area (Å²) >= 11 is 3.14. The fourth-order valence-electron chi connectivity index (χ4n) is 0.900. The average molecular weight is 333 g/mol. The van der Waals surface area contributed by atoms with Crippen molar-refractivity contribution in [3.8, 4) is 0 Å². The number of benzene rings is 1. The number of rotatable bonds is 5. The van der Waals surface area contributed by atoms with E-state index in [1.54, 1.807) is 25.1 Å². The van der Waals surface area contributed by atoms with Crippen LogP contribution in [0.3, 0.4) is 0 Å². The van der Waals surface area contributed by atoms with Crippen molar-refractivity contribution < 1.29 is 24.9 Å². The predicted octanol–water partition coefficient (Wildman–Crippen LogP) is 1.04. The van der Waals surface area contributed by atoms with E-state index in [0.717, 1.165) is 0 Å². The van der Waals surface area contributed by atoms with Crippen LogP contribution in [-0.2, 0) is 0 Å². The molecule has 19 heavy (non-hydrogen) atoms. The van der Waals surface area contributed by atoms with E-state index in [0.29, 0.717) is 28.2 Å². The summed E-state index contributed by atoms with van der Waals surface area (Å²) in [6.07, 6.45) is 1.41. The van der Waals surface area contributed by atoms with Gasteiger partial charge in [-0.05, 0) is 15.9 Å². The van der Waals surface area contributed by atoms with Gasteiger partial charge in [0.25, 0.3) is 0 Å². The van der Waals surface area contributed by atoms with Crippen LogP contribution in [0.4, 0.5) is 0 Å². The van der Waals surface area contributed by atoms with Crippen LogP contribution in [0.15, 0.2) is 22.7 Å². The molecule has 0 saturated carbocycles. The van der Waals surface area contributed by atoms with Crippen LogP contribution >= 0.6 is 15.9 Å². The SMILES string of the molecule is CC(CO)(CO)CO.O=Cc1cccc(C=O)c1Br. The molecule has 6 heteroatoms. The Morgan fingerprint density at radius 2 is 1.42 bits per heavy atom. The van der Waals surface area contributed by atoms with E-state index in [1.165, 1.54) is 0 Å². The molecule has 0 fully saturated rings. The van der Waals surface area contributed by atoms with Gasteiger partial charge in [-0.1, -0.05) is 25.1 Å². The zero-order chi connectivity index (χ0) is 14.9. The second kappa shape index (κ2) is 8.92. The summed E-state index contributed by atoms with van der Waals surface area (Å²) in [6.45, 7) is 1.06. The van der Waals surface area contributed by atoms with Gasteiger partial charge in [0.15, 0.2) is 12.6 Å². The van der Waals surface area contributed by atoms with Crippen LogP contribution in [0.2, 0.25) is 0 Å². The molecule has 0 atom stereocenters. The quantitative estimate of drug-likeness (QED) is 0.700. The summed E-state index contributed by atoms with van der Waals surface area (Å²) < 4.78 is 0.560. The number of halogens is 1. The molecule has 0 radical (unpaired) electrons. The van der Waals surface area contributed by atoms with Gasteiger partial charge in [0.2, 0.25) is 0 Å². The summed E-state index contributed by atoms with van der Waals surface area (Å²) in [5, 5.41) is 25.4. The summed E-state index contributed by atoms with van der Waals surface area (Å²) in [6, 6.07) is 4.95. The highest BCUT2D eigenvalue weighted by molar-refractivity contribution is 9.10. The Morgan fingerprint density at radius 1 is 1.05 bits per heavy atom. The van der Waals surface area contributed by atoms with Gasteiger partial charge in [0, 0.05) is 21.0 Å². The molecular weight excluding hydrogens is 316 g/mol. The normalized spacial score (nSPS) is 10.4. The van der Waals surface area contributed by atoms with Gasteiger partial charge in [0.05, 0.1) is 19.8 Å². The standard InChI is InChI=1S/C8H5BrO2.C5H12O3/c9-8-6(4-10)2-1-3-7(8)5-11;1-5(2-6,3-7)4-8/h1-5H;6-8H,2-4H2,1H3. The third kappa shape index (κ3) is 5.61. The number of carbonyl (C=O) groups excluding carboxylic acids is 2. The molecule has 3 N–H and O–H groups in total. The minimum absolute atomic E-state index is 0.181. The zero-order valence-electron chi connectivity index (χ0n) is 10.5. The van der Waals surface area contributed by atoms with Crippen molar-refractivity contribution >= 4 is 28.5 Å². The second-order valence-electron chi connectivity index (χ2n) is 4.27. The maximum Gasteiger partial charge on any atom is 0.151 e. The lowest BCUT2D eigenvalue weighted by Gasteiger charge is -2.20. The molecule has 0 aliphatic carbocycles. The monoisotopic (exact) mass is 332 g/mol. The molecule has 0 saturated heterocycles. The van der Waals surface area contributed by atoms with Crippen molar-refractivity contribution in [2.75, 3.05) is 19.8 Å². The van der Waals surface area contributed by atoms with Crippen molar-refractivity contribution in [2.45, 2.75) is 6.92 Å². The van der Waals surface area contributed by atoms with Crippen molar-refractivity contribution in [1.29, 1.82) is 0 Å². The van der Waals surface area contributed by atoms with Crippen LogP contribution in [0.25, 0.3) is 0 Å². The first-order valence-electron chi connectivity index (χ1n) is 5.49. The average Bonchev–Trinajstić information content (AvgIpc) is 2.47. The number of aldehydes is 2. The zero-order valence-corrected chi connectivity index (χ0v) is 12.1. The first-order chi connectivity index (χ1) is 8.97. The smallest absolute Gasteiger partial charge is 0.151 e. The molecule has 1 rings (SSSR count). The van der Waals surface area contributed by atoms with E-state index in [4.69, 9.17) is 15.3 Å². The lowest BCUT2D eigenvalue weighted by molar-refractivity contribution is 0.0200. The van der Waals surface area contributed by atoms with Gasteiger partial charge >= 0.3 is 0 Å². The first kappa shape index (κ1) is 17.9. The molecule has 0 bridgehead atoms. The molecule has 1 aromatic carbocycles. The number of aliphatic hydroxyl groups excluding tert-OH is 3. The van der Waals surface area contributed by atoms with Crippen LogP contribution in [0, 0.1) is 5.41 Å². The number of hydrogen-bond acceptors (Lipinski definition) is 5. The number of hydrogen-bond donors (Lipinski definition) is 3. The van der Waals surface area contributed by atoms with Crippen molar-refractivity contribution in [3.05, 3.63) is 33.8 Å². The molecule has 0 aliphatic rings. The Labute approximate surface area is 120 Å². The van der Waals surface area contributed by atoms with Gasteiger partial charge in [-0.3, -0.25) is 9.59 Å². The maximum atomic E-state index is 10.3. The van der Waals surface area contributed by atoms with Crippen LogP contribution < -0.4 is 0 Å². The van der Waals surface area contributed by atoms with Gasteiger partial charge < -0.3 is 15.3 Å². The van der Waals surface area contributed by atoms with E-state index < -0.39 is 5.41 Å². The Balaban J connectivity index is 0.000000362. The van der Waals surface area contributed by atoms with Crippen LogP contribution in [-0.4, -0.2) is 47.7 Å². The molecular formula is C13H17BrO5. The molecule has 0 heterocycles. The summed E-state index contributed by atoms with van der Waals surface area (Å²) in [4.78, 5) is 20.7. The van der Waals surface area contributed by atoms with Gasteiger partial charge in [-0.2, -0.15) is 0 Å². The van der Waals surface area contributed by atoms with Crippen molar-refractivity contribution in [1.82, 2.24) is 0 Å². The Morgan fingerprint density at radius 3 is 1.63 bits per heavy atom. The van der Waals surface area contributed by atoms with Gasteiger partial charge in [-0.15, -0.1) is 0 Å². The Hall–Kier alpha value is -1.08. The lowest BCUT2D eigenvalue weighted by Crippen LogP contribution is -2.29. The molecule has 0 amide bonds. The fourth-order valence-corrected chi connectivity index (χ4v) is 1.35. The summed E-state index contributed by atoms with van der Waals surface area (Å²) in [5.41, 5.74) is 0.282. The van der Waals surface area contributed by atoms with Crippen molar-refractivity contribution in [2.24, 2.45) is 5.41 Å². The minimum atomic E-state index is -0.708.